The maximum atomic E-state index is 12.7. The Morgan fingerprint density at radius 1 is 1.00 bits per heavy atom. The van der Waals surface area contributed by atoms with E-state index in [-0.39, 0.29) is 23.0 Å². The van der Waals surface area contributed by atoms with Gasteiger partial charge in [0.2, 0.25) is 10.0 Å². The third-order valence-corrected chi connectivity index (χ3v) is 7.44. The number of hydrogen-bond acceptors (Lipinski definition) is 7. The minimum atomic E-state index is -3.59. The Hall–Kier alpha value is -4.00. The third-order valence-electron chi connectivity index (χ3n) is 5.52. The summed E-state index contributed by atoms with van der Waals surface area (Å²) in [5, 5.41) is 7.96. The summed E-state index contributed by atoms with van der Waals surface area (Å²) in [6.45, 7) is 1.66. The van der Waals surface area contributed by atoms with Crippen LogP contribution < -0.4 is 20.7 Å². The van der Waals surface area contributed by atoms with Crippen molar-refractivity contribution < 1.29 is 27.5 Å². The number of hydrogen-bond donors (Lipinski definition) is 3. The zero-order chi connectivity index (χ0) is 26.3. The van der Waals surface area contributed by atoms with Gasteiger partial charge in [0, 0.05) is 44.6 Å². The topological polar surface area (TPSA) is 139 Å². The van der Waals surface area contributed by atoms with Crippen molar-refractivity contribution in [3.63, 3.8) is 0 Å². The summed E-state index contributed by atoms with van der Waals surface area (Å²) in [6, 6.07) is 15.9. The molecule has 3 aromatic rings. The largest absolute Gasteiger partial charge is 0.457 e. The van der Waals surface area contributed by atoms with Gasteiger partial charge in [0.25, 0.3) is 5.91 Å². The molecule has 12 heteroatoms. The second-order valence-corrected chi connectivity index (χ2v) is 9.99. The highest BCUT2D eigenvalue weighted by Gasteiger charge is 2.26. The van der Waals surface area contributed by atoms with E-state index in [4.69, 9.17) is 9.47 Å². The Kier molecular flexibility index (Phi) is 8.33. The number of benzene rings is 2. The number of carbonyl (C=O) groups is 2. The second kappa shape index (κ2) is 11.8. The molecule has 0 radical (unpaired) electrons. The Balaban J connectivity index is 1.27. The third kappa shape index (κ3) is 6.82. The highest BCUT2D eigenvalue weighted by molar-refractivity contribution is 7.89. The summed E-state index contributed by atoms with van der Waals surface area (Å²) in [4.78, 5) is 28.2. The van der Waals surface area contributed by atoms with Crippen molar-refractivity contribution in [2.24, 2.45) is 0 Å². The van der Waals surface area contributed by atoms with E-state index in [0.717, 1.165) is 5.56 Å². The van der Waals surface area contributed by atoms with Gasteiger partial charge in [-0.25, -0.2) is 13.2 Å². The second-order valence-electron chi connectivity index (χ2n) is 8.05. The molecule has 194 valence electrons. The van der Waals surface area contributed by atoms with Gasteiger partial charge in [0.1, 0.15) is 17.2 Å². The van der Waals surface area contributed by atoms with Crippen molar-refractivity contribution in [3.05, 3.63) is 78.1 Å². The summed E-state index contributed by atoms with van der Waals surface area (Å²) in [5.41, 5.74) is 1.56. The number of nitrogens with zero attached hydrogens (tertiary/aromatic N) is 2. The summed E-state index contributed by atoms with van der Waals surface area (Å²) in [7, 11) is -2.06. The summed E-state index contributed by atoms with van der Waals surface area (Å²) < 4.78 is 37.8. The molecule has 0 atom stereocenters. The predicted octanol–water partition coefficient (Wildman–Crippen LogP) is 2.58. The zero-order valence-corrected chi connectivity index (χ0v) is 21.0. The number of carbonyl (C=O) groups excluding carboxylic acids is 2. The van der Waals surface area contributed by atoms with E-state index in [2.05, 4.69) is 20.9 Å². The molecule has 2 aromatic carbocycles. The maximum absolute atomic E-state index is 12.7. The standard InChI is InChI=1S/C25H27N5O6S/c1-26-24(31)23-16-21(10-11-27-23)36-20-6-2-18(3-7-20)17-28-25(32)29-19-4-8-22(9-5-19)37(33,34)30-12-14-35-15-13-30/h2-11,16H,12-15,17H2,1H3,(H,26,31)(H2,28,29,32). The van der Waals surface area contributed by atoms with Gasteiger partial charge in [-0.15, -0.1) is 0 Å². The van der Waals surface area contributed by atoms with Gasteiger partial charge in [-0.05, 0) is 48.0 Å². The molecule has 3 amide bonds. The maximum Gasteiger partial charge on any atom is 0.319 e. The monoisotopic (exact) mass is 525 g/mol. The van der Waals surface area contributed by atoms with E-state index in [1.807, 2.05) is 12.1 Å². The van der Waals surface area contributed by atoms with Crippen molar-refractivity contribution >= 4 is 27.6 Å². The summed E-state index contributed by atoms with van der Waals surface area (Å²) in [6.07, 6.45) is 1.49. The van der Waals surface area contributed by atoms with Gasteiger partial charge in [0.05, 0.1) is 18.1 Å². The molecule has 0 unspecified atom stereocenters. The van der Waals surface area contributed by atoms with Crippen LogP contribution in [0.2, 0.25) is 0 Å². The fourth-order valence-corrected chi connectivity index (χ4v) is 4.95. The van der Waals surface area contributed by atoms with E-state index >= 15 is 0 Å². The fraction of sp³-hybridized carbons (Fsp3) is 0.240. The molecule has 1 saturated heterocycles. The van der Waals surface area contributed by atoms with Crippen LogP contribution in [0.4, 0.5) is 10.5 Å². The van der Waals surface area contributed by atoms with Crippen LogP contribution in [0.25, 0.3) is 0 Å². The molecule has 4 rings (SSSR count). The smallest absolute Gasteiger partial charge is 0.319 e. The number of aromatic nitrogens is 1. The lowest BCUT2D eigenvalue weighted by molar-refractivity contribution is 0.0730. The Morgan fingerprint density at radius 3 is 2.38 bits per heavy atom. The van der Waals surface area contributed by atoms with Crippen LogP contribution >= 0.6 is 0 Å². The van der Waals surface area contributed by atoms with Gasteiger partial charge >= 0.3 is 6.03 Å². The molecule has 1 aliphatic rings. The van der Waals surface area contributed by atoms with E-state index in [0.29, 0.717) is 43.5 Å². The average molecular weight is 526 g/mol. The van der Waals surface area contributed by atoms with Gasteiger partial charge in [-0.1, -0.05) is 12.1 Å². The number of anilines is 1. The van der Waals surface area contributed by atoms with Crippen LogP contribution in [0.3, 0.4) is 0 Å². The normalized spacial score (nSPS) is 14.0. The van der Waals surface area contributed by atoms with Gasteiger partial charge in [-0.3, -0.25) is 9.78 Å². The number of sulfonamides is 1. The molecule has 0 bridgehead atoms. The van der Waals surface area contributed by atoms with Gasteiger partial charge < -0.3 is 25.4 Å². The molecule has 11 nitrogen and oxygen atoms in total. The number of nitrogens with one attached hydrogen (secondary N) is 3. The minimum absolute atomic E-state index is 0.166. The molecule has 0 saturated carbocycles. The molecule has 1 aromatic heterocycles. The summed E-state index contributed by atoms with van der Waals surface area (Å²) in [5.74, 6) is 0.733. The molecular weight excluding hydrogens is 498 g/mol. The molecule has 2 heterocycles. The number of rotatable bonds is 8. The van der Waals surface area contributed by atoms with Crippen LogP contribution in [0.15, 0.2) is 71.8 Å². The van der Waals surface area contributed by atoms with E-state index in [1.54, 1.807) is 36.4 Å². The minimum Gasteiger partial charge on any atom is -0.457 e. The summed E-state index contributed by atoms with van der Waals surface area (Å²) >= 11 is 0. The van der Waals surface area contributed by atoms with E-state index in [1.165, 1.54) is 29.7 Å². The first-order chi connectivity index (χ1) is 17.8. The van der Waals surface area contributed by atoms with Crippen LogP contribution in [0.1, 0.15) is 16.1 Å². The van der Waals surface area contributed by atoms with Gasteiger partial charge in [-0.2, -0.15) is 4.31 Å². The molecule has 3 N–H and O–H groups in total. The average Bonchev–Trinajstić information content (AvgIpc) is 2.93. The highest BCUT2D eigenvalue weighted by Crippen LogP contribution is 2.22. The lowest BCUT2D eigenvalue weighted by atomic mass is 10.2. The number of urea groups is 1. The lowest BCUT2D eigenvalue weighted by Gasteiger charge is -2.26. The zero-order valence-electron chi connectivity index (χ0n) is 20.1. The number of pyridine rings is 1. The highest BCUT2D eigenvalue weighted by atomic mass is 32.2. The first-order valence-electron chi connectivity index (χ1n) is 11.5. The van der Waals surface area contributed by atoms with Crippen LogP contribution in [-0.4, -0.2) is 63.0 Å². The molecular formula is C25H27N5O6S. The van der Waals surface area contributed by atoms with E-state index < -0.39 is 16.1 Å². The van der Waals surface area contributed by atoms with Crippen molar-refractivity contribution in [1.82, 2.24) is 19.9 Å². The first kappa shape index (κ1) is 26.1. The Morgan fingerprint density at radius 2 is 1.70 bits per heavy atom. The van der Waals surface area contributed by atoms with Crippen molar-refractivity contribution in [3.8, 4) is 11.5 Å². The lowest BCUT2D eigenvalue weighted by Crippen LogP contribution is -2.40. The predicted molar refractivity (Wildman–Crippen MR) is 136 cm³/mol. The molecule has 0 spiro atoms. The Labute approximate surface area is 214 Å². The van der Waals surface area contributed by atoms with Crippen molar-refractivity contribution in [2.45, 2.75) is 11.4 Å². The molecule has 0 aliphatic carbocycles. The molecule has 37 heavy (non-hydrogen) atoms. The SMILES string of the molecule is CNC(=O)c1cc(Oc2ccc(CNC(=O)Nc3ccc(S(=O)(=O)N4CCOCC4)cc3)cc2)ccn1. The first-order valence-corrected chi connectivity index (χ1v) is 13.0. The number of amides is 3. The molecule has 1 aliphatic heterocycles. The fourth-order valence-electron chi connectivity index (χ4n) is 3.54. The van der Waals surface area contributed by atoms with Gasteiger partial charge in [0.15, 0.2) is 0 Å². The van der Waals surface area contributed by atoms with Crippen molar-refractivity contribution in [2.75, 3.05) is 38.7 Å². The molecule has 1 fully saturated rings. The quantitative estimate of drug-likeness (QED) is 0.411. The van der Waals surface area contributed by atoms with Crippen molar-refractivity contribution in [1.29, 1.82) is 0 Å². The number of ether oxygens (including phenoxy) is 2. The van der Waals surface area contributed by atoms with Crippen LogP contribution in [-0.2, 0) is 21.3 Å². The van der Waals surface area contributed by atoms with Crippen LogP contribution in [0.5, 0.6) is 11.5 Å². The Bertz CT molecular complexity index is 1340. The van der Waals surface area contributed by atoms with E-state index in [9.17, 15) is 18.0 Å². The van der Waals surface area contributed by atoms with Crippen LogP contribution in [0, 0.1) is 0 Å². The number of morpholine rings is 1.